The van der Waals surface area contributed by atoms with E-state index < -0.39 is 5.97 Å². The number of aryl methyl sites for hydroxylation is 1. The number of anilines is 2. The minimum absolute atomic E-state index is 0.264. The van der Waals surface area contributed by atoms with Crippen molar-refractivity contribution in [3.05, 3.63) is 47.4 Å². The second-order valence-electron chi connectivity index (χ2n) is 4.96. The summed E-state index contributed by atoms with van der Waals surface area (Å²) < 4.78 is 9.84. The summed E-state index contributed by atoms with van der Waals surface area (Å²) in [6.07, 6.45) is 1.47. The van der Waals surface area contributed by atoms with Gasteiger partial charge in [-0.15, -0.1) is 0 Å². The van der Waals surface area contributed by atoms with E-state index in [1.807, 2.05) is 19.0 Å². The number of rotatable bonds is 4. The SMILES string of the molecule is COC(=O)c1ccc(NC(=O)c2ccoc2C)c(N(C)C)c1. The van der Waals surface area contributed by atoms with Gasteiger partial charge in [-0.25, -0.2) is 4.79 Å². The molecule has 1 aromatic carbocycles. The molecule has 0 aliphatic carbocycles. The van der Waals surface area contributed by atoms with Crippen molar-refractivity contribution in [1.29, 1.82) is 0 Å². The van der Waals surface area contributed by atoms with E-state index >= 15 is 0 Å². The van der Waals surface area contributed by atoms with Crippen molar-refractivity contribution in [3.63, 3.8) is 0 Å². The molecule has 0 radical (unpaired) electrons. The molecule has 6 nitrogen and oxygen atoms in total. The molecule has 1 heterocycles. The van der Waals surface area contributed by atoms with Gasteiger partial charge >= 0.3 is 5.97 Å². The second kappa shape index (κ2) is 6.34. The molecule has 2 aromatic rings. The molecule has 1 N–H and O–H groups in total. The van der Waals surface area contributed by atoms with Gasteiger partial charge < -0.3 is 19.4 Å². The standard InChI is InChI=1S/C16H18N2O4/c1-10-12(7-8-22-10)15(19)17-13-6-5-11(16(20)21-4)9-14(13)18(2)3/h5-9H,1-4H3,(H,17,19). The van der Waals surface area contributed by atoms with Crippen LogP contribution in [-0.2, 0) is 4.74 Å². The quantitative estimate of drug-likeness (QED) is 0.879. The molecule has 0 aliphatic rings. The van der Waals surface area contributed by atoms with Gasteiger partial charge in [0.05, 0.1) is 35.9 Å². The van der Waals surface area contributed by atoms with Gasteiger partial charge in [-0.05, 0) is 31.2 Å². The fourth-order valence-electron chi connectivity index (χ4n) is 2.06. The lowest BCUT2D eigenvalue weighted by molar-refractivity contribution is 0.0600. The number of furan rings is 1. The molecule has 1 aromatic heterocycles. The number of hydrogen-bond donors (Lipinski definition) is 1. The summed E-state index contributed by atoms with van der Waals surface area (Å²) in [5, 5.41) is 2.83. The van der Waals surface area contributed by atoms with Crippen LogP contribution in [-0.4, -0.2) is 33.1 Å². The zero-order chi connectivity index (χ0) is 16.3. The lowest BCUT2D eigenvalue weighted by atomic mass is 10.1. The Bertz CT molecular complexity index is 704. The van der Waals surface area contributed by atoms with Crippen molar-refractivity contribution in [2.45, 2.75) is 6.92 Å². The highest BCUT2D eigenvalue weighted by Crippen LogP contribution is 2.27. The third-order valence-electron chi connectivity index (χ3n) is 3.25. The number of methoxy groups -OCH3 is 1. The average molecular weight is 302 g/mol. The van der Waals surface area contributed by atoms with Gasteiger partial charge in [-0.3, -0.25) is 4.79 Å². The summed E-state index contributed by atoms with van der Waals surface area (Å²) in [6.45, 7) is 1.72. The minimum atomic E-state index is -0.424. The summed E-state index contributed by atoms with van der Waals surface area (Å²) in [7, 11) is 4.99. The third-order valence-corrected chi connectivity index (χ3v) is 3.25. The van der Waals surface area contributed by atoms with E-state index in [9.17, 15) is 9.59 Å². The summed E-state index contributed by atoms with van der Waals surface area (Å²) in [5.74, 6) is -0.137. The Morgan fingerprint density at radius 2 is 1.95 bits per heavy atom. The van der Waals surface area contributed by atoms with Crippen LogP contribution < -0.4 is 10.2 Å². The van der Waals surface area contributed by atoms with Gasteiger partial charge in [0.15, 0.2) is 0 Å². The van der Waals surface area contributed by atoms with Crippen molar-refractivity contribution >= 4 is 23.3 Å². The molecular formula is C16H18N2O4. The third kappa shape index (κ3) is 3.11. The Hall–Kier alpha value is -2.76. The maximum absolute atomic E-state index is 12.3. The Kier molecular flexibility index (Phi) is 4.50. The van der Waals surface area contributed by atoms with Crippen LogP contribution in [0.1, 0.15) is 26.5 Å². The zero-order valence-electron chi connectivity index (χ0n) is 13.0. The van der Waals surface area contributed by atoms with E-state index in [1.165, 1.54) is 13.4 Å². The van der Waals surface area contributed by atoms with Gasteiger partial charge in [0.2, 0.25) is 0 Å². The number of benzene rings is 1. The number of hydrogen-bond acceptors (Lipinski definition) is 5. The number of nitrogens with one attached hydrogen (secondary N) is 1. The molecular weight excluding hydrogens is 284 g/mol. The van der Waals surface area contributed by atoms with Gasteiger partial charge in [-0.2, -0.15) is 0 Å². The van der Waals surface area contributed by atoms with Gasteiger partial charge in [0.1, 0.15) is 5.76 Å². The summed E-state index contributed by atoms with van der Waals surface area (Å²) in [6, 6.07) is 6.57. The van der Waals surface area contributed by atoms with Crippen molar-refractivity contribution in [2.24, 2.45) is 0 Å². The van der Waals surface area contributed by atoms with Crippen LogP contribution in [0.2, 0.25) is 0 Å². The molecule has 0 fully saturated rings. The van der Waals surface area contributed by atoms with Crippen LogP contribution in [0.3, 0.4) is 0 Å². The fourth-order valence-corrected chi connectivity index (χ4v) is 2.06. The van der Waals surface area contributed by atoms with Gasteiger partial charge in [0.25, 0.3) is 5.91 Å². The Morgan fingerprint density at radius 3 is 2.50 bits per heavy atom. The fraction of sp³-hybridized carbons (Fsp3) is 0.250. The van der Waals surface area contributed by atoms with Crippen molar-refractivity contribution in [2.75, 3.05) is 31.4 Å². The average Bonchev–Trinajstić information content (AvgIpc) is 2.92. The van der Waals surface area contributed by atoms with Crippen molar-refractivity contribution in [1.82, 2.24) is 0 Å². The van der Waals surface area contributed by atoms with Gasteiger partial charge in [-0.1, -0.05) is 0 Å². The lowest BCUT2D eigenvalue weighted by Gasteiger charge is -2.18. The minimum Gasteiger partial charge on any atom is -0.469 e. The Labute approximate surface area is 128 Å². The van der Waals surface area contributed by atoms with Gasteiger partial charge in [0, 0.05) is 14.1 Å². The molecule has 0 aliphatic heterocycles. The highest BCUT2D eigenvalue weighted by Gasteiger charge is 2.16. The molecule has 1 amide bonds. The normalized spacial score (nSPS) is 10.2. The summed E-state index contributed by atoms with van der Waals surface area (Å²) in [5.41, 5.74) is 2.20. The molecule has 0 saturated heterocycles. The first kappa shape index (κ1) is 15.6. The molecule has 116 valence electrons. The number of amides is 1. The number of ether oxygens (including phenoxy) is 1. The first-order chi connectivity index (χ1) is 10.4. The lowest BCUT2D eigenvalue weighted by Crippen LogP contribution is -2.17. The molecule has 0 spiro atoms. The monoisotopic (exact) mass is 302 g/mol. The first-order valence-electron chi connectivity index (χ1n) is 6.69. The van der Waals surface area contributed by atoms with E-state index in [0.29, 0.717) is 28.3 Å². The number of carbonyl (C=O) groups is 2. The number of carbonyl (C=O) groups excluding carboxylic acids is 2. The van der Waals surface area contributed by atoms with E-state index in [1.54, 1.807) is 31.2 Å². The maximum atomic E-state index is 12.3. The van der Waals surface area contributed by atoms with E-state index in [2.05, 4.69) is 5.32 Å². The van der Waals surface area contributed by atoms with Crippen molar-refractivity contribution < 1.29 is 18.7 Å². The highest BCUT2D eigenvalue weighted by atomic mass is 16.5. The predicted octanol–water partition coefficient (Wildman–Crippen LogP) is 2.69. The number of nitrogens with zero attached hydrogens (tertiary/aromatic N) is 1. The number of esters is 1. The summed E-state index contributed by atoms with van der Waals surface area (Å²) in [4.78, 5) is 25.7. The zero-order valence-corrected chi connectivity index (χ0v) is 13.0. The molecule has 0 bridgehead atoms. The topological polar surface area (TPSA) is 71.8 Å². The molecule has 0 saturated carbocycles. The molecule has 0 unspecified atom stereocenters. The second-order valence-corrected chi connectivity index (χ2v) is 4.96. The largest absolute Gasteiger partial charge is 0.469 e. The van der Waals surface area contributed by atoms with Crippen LogP contribution in [0.15, 0.2) is 34.9 Å². The predicted molar refractivity (Wildman–Crippen MR) is 83.5 cm³/mol. The van der Waals surface area contributed by atoms with E-state index in [0.717, 1.165) is 0 Å². The van der Waals surface area contributed by atoms with E-state index in [4.69, 9.17) is 9.15 Å². The molecule has 6 heteroatoms. The van der Waals surface area contributed by atoms with Crippen LogP contribution in [0.5, 0.6) is 0 Å². The van der Waals surface area contributed by atoms with E-state index in [-0.39, 0.29) is 5.91 Å². The smallest absolute Gasteiger partial charge is 0.337 e. The molecule has 2 rings (SSSR count). The van der Waals surface area contributed by atoms with Crippen LogP contribution in [0, 0.1) is 6.92 Å². The Morgan fingerprint density at radius 1 is 1.23 bits per heavy atom. The van der Waals surface area contributed by atoms with Crippen molar-refractivity contribution in [3.8, 4) is 0 Å². The Balaban J connectivity index is 2.33. The highest BCUT2D eigenvalue weighted by molar-refractivity contribution is 6.07. The van der Waals surface area contributed by atoms with Crippen LogP contribution >= 0.6 is 0 Å². The first-order valence-corrected chi connectivity index (χ1v) is 6.69. The summed E-state index contributed by atoms with van der Waals surface area (Å²) >= 11 is 0. The van der Waals surface area contributed by atoms with Crippen LogP contribution in [0.25, 0.3) is 0 Å². The molecule has 0 atom stereocenters. The molecule has 22 heavy (non-hydrogen) atoms. The van der Waals surface area contributed by atoms with Crippen LogP contribution in [0.4, 0.5) is 11.4 Å². The maximum Gasteiger partial charge on any atom is 0.337 e.